The quantitative estimate of drug-likeness (QED) is 0.272. The van der Waals surface area contributed by atoms with Crippen molar-refractivity contribution in [2.75, 3.05) is 31.6 Å². The highest BCUT2D eigenvalue weighted by atomic mass is 127. The fourth-order valence-electron chi connectivity index (χ4n) is 4.70. The third-order valence-electron chi connectivity index (χ3n) is 6.79. The van der Waals surface area contributed by atoms with Crippen LogP contribution >= 0.6 is 22.6 Å². The Bertz CT molecular complexity index is 1540. The fraction of sp³-hybridized carbons (Fsp3) is 0.300. The number of halogens is 1. The van der Waals surface area contributed by atoms with E-state index in [9.17, 15) is 13.2 Å². The monoisotopic (exact) mass is 658 g/mol. The first-order chi connectivity index (χ1) is 18.5. The highest BCUT2D eigenvalue weighted by molar-refractivity contribution is 14.1. The Balaban J connectivity index is 1.51. The van der Waals surface area contributed by atoms with Crippen molar-refractivity contribution >= 4 is 55.9 Å². The lowest BCUT2D eigenvalue weighted by atomic mass is 9.85. The number of rotatable bonds is 6. The molecule has 1 saturated heterocycles. The lowest BCUT2D eigenvalue weighted by Crippen LogP contribution is -2.40. The van der Waals surface area contributed by atoms with E-state index < -0.39 is 10.0 Å². The van der Waals surface area contributed by atoms with Gasteiger partial charge < -0.3 is 14.8 Å². The molecule has 0 saturated carbocycles. The average molecular weight is 659 g/mol. The van der Waals surface area contributed by atoms with Crippen molar-refractivity contribution < 1.29 is 22.7 Å². The number of anilines is 1. The molecule has 0 aromatic heterocycles. The molecule has 0 radical (unpaired) electrons. The number of benzene rings is 3. The van der Waals surface area contributed by atoms with E-state index in [2.05, 4.69) is 54.7 Å². The summed E-state index contributed by atoms with van der Waals surface area (Å²) in [6, 6.07) is 18.9. The highest BCUT2D eigenvalue weighted by Crippen LogP contribution is 2.39. The van der Waals surface area contributed by atoms with Crippen molar-refractivity contribution in [1.29, 1.82) is 0 Å². The van der Waals surface area contributed by atoms with Crippen molar-refractivity contribution in [3.63, 3.8) is 0 Å². The second-order valence-corrected chi connectivity index (χ2v) is 13.7. The number of amides is 1. The van der Waals surface area contributed by atoms with Gasteiger partial charge in [0.1, 0.15) is 12.4 Å². The Morgan fingerprint density at radius 3 is 2.46 bits per heavy atom. The maximum atomic E-state index is 13.3. The summed E-state index contributed by atoms with van der Waals surface area (Å²) in [6.07, 6.45) is 1.82. The van der Waals surface area contributed by atoms with E-state index in [1.165, 1.54) is 4.31 Å². The van der Waals surface area contributed by atoms with Gasteiger partial charge in [0.2, 0.25) is 10.0 Å². The normalized spacial score (nSPS) is 17.2. The Labute approximate surface area is 243 Å². The predicted octanol–water partition coefficient (Wildman–Crippen LogP) is 5.68. The fourth-order valence-corrected chi connectivity index (χ4v) is 6.95. The molecule has 2 heterocycles. The SMILES string of the molecule is CC(C)(C)c1cc(C=C2C(=O)Nc3ccc(S(=O)(=O)N4CCOCC4)cc32)cc(I)c1OCc1ccccc1. The zero-order valence-corrected chi connectivity index (χ0v) is 25.1. The molecule has 2 aliphatic rings. The first-order valence-corrected chi connectivity index (χ1v) is 15.3. The van der Waals surface area contributed by atoms with Gasteiger partial charge >= 0.3 is 0 Å². The molecular formula is C30H31IN2O5S. The third-order valence-corrected chi connectivity index (χ3v) is 9.49. The maximum absolute atomic E-state index is 13.3. The van der Waals surface area contributed by atoms with Crippen molar-refractivity contribution in [3.05, 3.63) is 86.5 Å². The Kier molecular flexibility index (Phi) is 7.87. The van der Waals surface area contributed by atoms with E-state index in [1.807, 2.05) is 42.5 Å². The number of fused-ring (bicyclic) bond motifs is 1. The van der Waals surface area contributed by atoms with Gasteiger partial charge in [-0.2, -0.15) is 4.31 Å². The van der Waals surface area contributed by atoms with Gasteiger partial charge in [-0.3, -0.25) is 4.79 Å². The van der Waals surface area contributed by atoms with Gasteiger partial charge in [-0.1, -0.05) is 51.1 Å². The molecule has 0 spiro atoms. The number of carbonyl (C=O) groups is 1. The zero-order chi connectivity index (χ0) is 27.8. The average Bonchev–Trinajstić information content (AvgIpc) is 3.22. The maximum Gasteiger partial charge on any atom is 0.256 e. The number of ether oxygens (including phenoxy) is 2. The Hall–Kier alpha value is -2.73. The topological polar surface area (TPSA) is 84.9 Å². The van der Waals surface area contributed by atoms with Crippen LogP contribution in [-0.2, 0) is 31.6 Å². The summed E-state index contributed by atoms with van der Waals surface area (Å²) >= 11 is 2.28. The summed E-state index contributed by atoms with van der Waals surface area (Å²) in [5, 5.41) is 2.87. The molecule has 9 heteroatoms. The predicted molar refractivity (Wildman–Crippen MR) is 161 cm³/mol. The van der Waals surface area contributed by atoms with Gasteiger partial charge in [0, 0.05) is 35.5 Å². The molecule has 0 unspecified atom stereocenters. The van der Waals surface area contributed by atoms with Crippen LogP contribution in [0.3, 0.4) is 0 Å². The number of carbonyl (C=O) groups excluding carboxylic acids is 1. The minimum absolute atomic E-state index is 0.167. The lowest BCUT2D eigenvalue weighted by molar-refractivity contribution is -0.110. The summed E-state index contributed by atoms with van der Waals surface area (Å²) in [6.45, 7) is 8.21. The largest absolute Gasteiger partial charge is 0.487 e. The summed E-state index contributed by atoms with van der Waals surface area (Å²) in [7, 11) is -3.70. The molecule has 0 atom stereocenters. The number of morpholine rings is 1. The molecule has 1 fully saturated rings. The standard InChI is InChI=1S/C30H31IN2O5S/c1-30(2,3)25-16-21(17-26(31)28(25)38-19-20-7-5-4-6-8-20)15-24-23-18-22(9-10-27(23)32-29(24)34)39(35,36)33-11-13-37-14-12-33/h4-10,15-18H,11-14,19H2,1-3H3,(H,32,34). The van der Waals surface area contributed by atoms with Crippen LogP contribution in [0, 0.1) is 3.57 Å². The minimum atomic E-state index is -3.70. The number of nitrogens with one attached hydrogen (secondary N) is 1. The molecule has 5 rings (SSSR count). The van der Waals surface area contributed by atoms with Crippen molar-refractivity contribution in [2.45, 2.75) is 37.7 Å². The van der Waals surface area contributed by atoms with Crippen molar-refractivity contribution in [3.8, 4) is 5.75 Å². The third kappa shape index (κ3) is 5.91. The van der Waals surface area contributed by atoms with E-state index in [0.29, 0.717) is 49.7 Å². The molecule has 204 valence electrons. The molecule has 0 bridgehead atoms. The van der Waals surface area contributed by atoms with Crippen LogP contribution in [-0.4, -0.2) is 44.9 Å². The second kappa shape index (κ2) is 11.0. The Morgan fingerprint density at radius 2 is 1.77 bits per heavy atom. The van der Waals surface area contributed by atoms with Crippen LogP contribution in [0.25, 0.3) is 11.6 Å². The van der Waals surface area contributed by atoms with Crippen LogP contribution in [0.5, 0.6) is 5.75 Å². The number of hydrogen-bond acceptors (Lipinski definition) is 5. The smallest absolute Gasteiger partial charge is 0.256 e. The van der Waals surface area contributed by atoms with Gasteiger partial charge in [0.15, 0.2) is 0 Å². The van der Waals surface area contributed by atoms with Crippen molar-refractivity contribution in [1.82, 2.24) is 4.31 Å². The lowest BCUT2D eigenvalue weighted by Gasteiger charge is -2.26. The first kappa shape index (κ1) is 27.8. The second-order valence-electron chi connectivity index (χ2n) is 10.6. The van der Waals surface area contributed by atoms with Gasteiger partial charge in [0.25, 0.3) is 5.91 Å². The first-order valence-electron chi connectivity index (χ1n) is 12.8. The van der Waals surface area contributed by atoms with Crippen LogP contribution < -0.4 is 10.1 Å². The Morgan fingerprint density at radius 1 is 1.05 bits per heavy atom. The zero-order valence-electron chi connectivity index (χ0n) is 22.2. The summed E-state index contributed by atoms with van der Waals surface area (Å²) in [4.78, 5) is 13.2. The molecule has 1 amide bonds. The summed E-state index contributed by atoms with van der Waals surface area (Å²) < 4.78 is 40.5. The molecule has 2 aliphatic heterocycles. The molecule has 7 nitrogen and oxygen atoms in total. The van der Waals surface area contributed by atoms with Gasteiger partial charge in [-0.15, -0.1) is 0 Å². The minimum Gasteiger partial charge on any atom is -0.487 e. The molecular weight excluding hydrogens is 627 g/mol. The van der Waals surface area contributed by atoms with Gasteiger partial charge in [-0.05, 0) is 75.5 Å². The number of nitrogens with zero attached hydrogens (tertiary/aromatic N) is 1. The van der Waals surface area contributed by atoms with Gasteiger partial charge in [0.05, 0.1) is 21.7 Å². The molecule has 0 aliphatic carbocycles. The number of sulfonamides is 1. The van der Waals surface area contributed by atoms with E-state index in [1.54, 1.807) is 18.2 Å². The summed E-state index contributed by atoms with van der Waals surface area (Å²) in [5.41, 5.74) is 4.34. The van der Waals surface area contributed by atoms with Crippen molar-refractivity contribution in [2.24, 2.45) is 0 Å². The summed E-state index contributed by atoms with van der Waals surface area (Å²) in [5.74, 6) is 0.562. The van der Waals surface area contributed by atoms with Crippen LogP contribution in [0.15, 0.2) is 65.6 Å². The van der Waals surface area contributed by atoms with E-state index >= 15 is 0 Å². The van der Waals surface area contributed by atoms with E-state index in [0.717, 1.165) is 26.0 Å². The van der Waals surface area contributed by atoms with Crippen LogP contribution in [0.1, 0.15) is 43.0 Å². The molecule has 1 N–H and O–H groups in total. The molecule has 39 heavy (non-hydrogen) atoms. The van der Waals surface area contributed by atoms with E-state index in [4.69, 9.17) is 9.47 Å². The number of hydrogen-bond donors (Lipinski definition) is 1. The van der Waals surface area contributed by atoms with Crippen LogP contribution in [0.2, 0.25) is 0 Å². The highest BCUT2D eigenvalue weighted by Gasteiger charge is 2.31. The van der Waals surface area contributed by atoms with E-state index in [-0.39, 0.29) is 16.2 Å². The molecule has 3 aromatic rings. The van der Waals surface area contributed by atoms with Gasteiger partial charge in [-0.25, -0.2) is 8.42 Å². The molecule has 3 aromatic carbocycles. The van der Waals surface area contributed by atoms with Crippen LogP contribution in [0.4, 0.5) is 5.69 Å².